The van der Waals surface area contributed by atoms with Crippen LogP contribution in [0.15, 0.2) is 0 Å². The summed E-state index contributed by atoms with van der Waals surface area (Å²) in [5.41, 5.74) is 0. The number of hydrogen-bond acceptors (Lipinski definition) is 3. The first-order chi connectivity index (χ1) is 8.93. The largest absolute Gasteiger partial charge is 0.380 e. The molecule has 104 valence electrons. The van der Waals surface area contributed by atoms with Gasteiger partial charge >= 0.3 is 0 Å². The monoisotopic (exact) mass is 252 g/mol. The van der Waals surface area contributed by atoms with Crippen molar-refractivity contribution in [2.75, 3.05) is 19.8 Å². The van der Waals surface area contributed by atoms with Gasteiger partial charge in [0.05, 0.1) is 6.61 Å². The summed E-state index contributed by atoms with van der Waals surface area (Å²) in [6.07, 6.45) is 10.9. The van der Waals surface area contributed by atoms with Crippen molar-refractivity contribution in [1.29, 1.82) is 0 Å². The van der Waals surface area contributed by atoms with Gasteiger partial charge in [0.15, 0.2) is 0 Å². The van der Waals surface area contributed by atoms with E-state index in [1.165, 1.54) is 57.9 Å². The van der Waals surface area contributed by atoms with Gasteiger partial charge in [0.2, 0.25) is 0 Å². The Hall–Kier alpha value is -0.120. The fourth-order valence-electron chi connectivity index (χ4n) is 4.10. The van der Waals surface area contributed by atoms with Crippen LogP contribution in [0.2, 0.25) is 0 Å². The Kier molecular flexibility index (Phi) is 4.55. The second-order valence-electron chi connectivity index (χ2n) is 6.34. The minimum atomic E-state index is 0.618. The molecule has 4 atom stereocenters. The van der Waals surface area contributed by atoms with E-state index in [-0.39, 0.29) is 0 Å². The number of rotatable bonds is 3. The first-order valence-electron chi connectivity index (χ1n) is 8.00. The Morgan fingerprint density at radius 1 is 0.944 bits per heavy atom. The van der Waals surface area contributed by atoms with Gasteiger partial charge in [-0.05, 0) is 51.0 Å². The zero-order valence-electron chi connectivity index (χ0n) is 11.5. The van der Waals surface area contributed by atoms with Crippen molar-refractivity contribution in [2.24, 2.45) is 5.92 Å². The van der Waals surface area contributed by atoms with Crippen LogP contribution in [0.5, 0.6) is 0 Å². The third-order valence-electron chi connectivity index (χ3n) is 5.04. The first-order valence-corrected chi connectivity index (χ1v) is 8.00. The maximum absolute atomic E-state index is 5.59. The van der Waals surface area contributed by atoms with Crippen LogP contribution in [0.25, 0.3) is 0 Å². The molecule has 4 unspecified atom stereocenters. The Labute approximate surface area is 111 Å². The van der Waals surface area contributed by atoms with E-state index in [1.54, 1.807) is 0 Å². The lowest BCUT2D eigenvalue weighted by Gasteiger charge is -2.35. The van der Waals surface area contributed by atoms with E-state index in [1.807, 2.05) is 0 Å². The summed E-state index contributed by atoms with van der Waals surface area (Å²) in [6, 6.07) is 2.14. The molecule has 3 aliphatic rings. The molecule has 2 heterocycles. The van der Waals surface area contributed by atoms with E-state index in [9.17, 15) is 0 Å². The van der Waals surface area contributed by atoms with Crippen molar-refractivity contribution in [3.8, 4) is 0 Å². The van der Waals surface area contributed by atoms with Gasteiger partial charge in [-0.3, -0.25) is 0 Å². The van der Waals surface area contributed by atoms with Crippen LogP contribution >= 0.6 is 0 Å². The normalized spacial score (nSPS) is 42.0. The van der Waals surface area contributed by atoms with Crippen LogP contribution in [0.3, 0.4) is 0 Å². The zero-order chi connectivity index (χ0) is 12.2. The minimum Gasteiger partial charge on any atom is -0.380 e. The van der Waals surface area contributed by atoms with Gasteiger partial charge in [0.1, 0.15) is 0 Å². The van der Waals surface area contributed by atoms with Crippen molar-refractivity contribution >= 4 is 0 Å². The van der Waals surface area contributed by atoms with Crippen molar-refractivity contribution in [1.82, 2.24) is 10.6 Å². The number of nitrogens with one attached hydrogen (secondary N) is 2. The maximum atomic E-state index is 5.59. The molecule has 1 saturated carbocycles. The summed E-state index contributed by atoms with van der Waals surface area (Å²) in [6.45, 7) is 3.14. The highest BCUT2D eigenvalue weighted by atomic mass is 16.5. The quantitative estimate of drug-likeness (QED) is 0.807. The fraction of sp³-hybridized carbons (Fsp3) is 1.00. The van der Waals surface area contributed by atoms with Gasteiger partial charge in [0.25, 0.3) is 0 Å². The topological polar surface area (TPSA) is 33.3 Å². The molecule has 18 heavy (non-hydrogen) atoms. The molecule has 3 fully saturated rings. The van der Waals surface area contributed by atoms with E-state index < -0.39 is 0 Å². The molecule has 1 aliphatic carbocycles. The van der Waals surface area contributed by atoms with Gasteiger partial charge in [-0.2, -0.15) is 0 Å². The highest BCUT2D eigenvalue weighted by Gasteiger charge is 2.35. The first kappa shape index (κ1) is 12.9. The van der Waals surface area contributed by atoms with Crippen LogP contribution in [-0.2, 0) is 4.74 Å². The van der Waals surface area contributed by atoms with Gasteiger partial charge < -0.3 is 15.4 Å². The SMILES string of the molecule is C1CCC(C2CCCC2NC2CCCOC2)NC1. The fourth-order valence-corrected chi connectivity index (χ4v) is 4.10. The molecule has 2 aliphatic heterocycles. The van der Waals surface area contributed by atoms with Crippen molar-refractivity contribution < 1.29 is 4.74 Å². The molecule has 0 spiro atoms. The van der Waals surface area contributed by atoms with E-state index in [0.717, 1.165) is 31.2 Å². The number of hydrogen-bond donors (Lipinski definition) is 2. The van der Waals surface area contributed by atoms with Crippen molar-refractivity contribution in [2.45, 2.75) is 69.5 Å². The van der Waals surface area contributed by atoms with E-state index >= 15 is 0 Å². The third-order valence-corrected chi connectivity index (χ3v) is 5.04. The molecule has 3 heteroatoms. The van der Waals surface area contributed by atoms with Gasteiger partial charge in [0, 0.05) is 24.7 Å². The lowest BCUT2D eigenvalue weighted by molar-refractivity contribution is 0.0626. The summed E-state index contributed by atoms with van der Waals surface area (Å²) in [4.78, 5) is 0. The van der Waals surface area contributed by atoms with Crippen LogP contribution in [0.1, 0.15) is 51.4 Å². The second-order valence-corrected chi connectivity index (χ2v) is 6.34. The molecule has 0 amide bonds. The van der Waals surface area contributed by atoms with Gasteiger partial charge in [-0.1, -0.05) is 12.8 Å². The Morgan fingerprint density at radius 3 is 2.72 bits per heavy atom. The van der Waals surface area contributed by atoms with Crippen LogP contribution in [0, 0.1) is 5.92 Å². The summed E-state index contributed by atoms with van der Waals surface area (Å²) in [5, 5.41) is 7.66. The van der Waals surface area contributed by atoms with Crippen molar-refractivity contribution in [3.63, 3.8) is 0 Å². The lowest BCUT2D eigenvalue weighted by Crippen LogP contribution is -2.50. The summed E-state index contributed by atoms with van der Waals surface area (Å²) in [5.74, 6) is 0.868. The molecular weight excluding hydrogens is 224 g/mol. The van der Waals surface area contributed by atoms with Gasteiger partial charge in [-0.15, -0.1) is 0 Å². The molecule has 0 aromatic carbocycles. The van der Waals surface area contributed by atoms with Gasteiger partial charge in [-0.25, -0.2) is 0 Å². The van der Waals surface area contributed by atoms with Crippen molar-refractivity contribution in [3.05, 3.63) is 0 Å². The van der Waals surface area contributed by atoms with Crippen LogP contribution < -0.4 is 10.6 Å². The molecule has 0 aromatic rings. The second kappa shape index (κ2) is 6.36. The Bertz CT molecular complexity index is 247. The van der Waals surface area contributed by atoms with E-state index in [2.05, 4.69) is 10.6 Å². The summed E-state index contributed by atoms with van der Waals surface area (Å²) in [7, 11) is 0. The number of piperidine rings is 1. The molecule has 3 nitrogen and oxygen atoms in total. The molecule has 0 aromatic heterocycles. The summed E-state index contributed by atoms with van der Waals surface area (Å²) >= 11 is 0. The highest BCUT2D eigenvalue weighted by Crippen LogP contribution is 2.32. The zero-order valence-corrected chi connectivity index (χ0v) is 11.5. The predicted molar refractivity (Wildman–Crippen MR) is 73.7 cm³/mol. The summed E-state index contributed by atoms with van der Waals surface area (Å²) < 4.78 is 5.59. The standard InChI is InChI=1S/C15H28N2O/c1-2-9-16-14(7-1)13-6-3-8-15(13)17-12-5-4-10-18-11-12/h12-17H,1-11H2. The maximum Gasteiger partial charge on any atom is 0.0619 e. The molecule has 0 bridgehead atoms. The smallest absolute Gasteiger partial charge is 0.0619 e. The molecule has 2 saturated heterocycles. The average Bonchev–Trinajstić information content (AvgIpc) is 2.89. The Morgan fingerprint density at radius 2 is 1.94 bits per heavy atom. The Balaban J connectivity index is 1.53. The molecular formula is C15H28N2O. The predicted octanol–water partition coefficient (Wildman–Crippen LogP) is 2.07. The molecule has 3 rings (SSSR count). The van der Waals surface area contributed by atoms with Crippen LogP contribution in [-0.4, -0.2) is 37.9 Å². The van der Waals surface area contributed by atoms with E-state index in [0.29, 0.717) is 6.04 Å². The van der Waals surface area contributed by atoms with Crippen LogP contribution in [0.4, 0.5) is 0 Å². The third kappa shape index (κ3) is 3.06. The number of ether oxygens (including phenoxy) is 1. The van der Waals surface area contributed by atoms with E-state index in [4.69, 9.17) is 4.74 Å². The molecule has 0 radical (unpaired) electrons. The minimum absolute atomic E-state index is 0.618. The average molecular weight is 252 g/mol. The highest BCUT2D eigenvalue weighted by molar-refractivity contribution is 4.93. The molecule has 2 N–H and O–H groups in total. The lowest BCUT2D eigenvalue weighted by atomic mass is 9.88.